The summed E-state index contributed by atoms with van der Waals surface area (Å²) in [7, 11) is 0. The second kappa shape index (κ2) is 4.05. The molecule has 0 aliphatic heterocycles. The Bertz CT molecular complexity index is 394. The number of carboxylic acid groups (broad SMARTS) is 1. The second-order valence-electron chi connectivity index (χ2n) is 2.35. The molecule has 0 spiro atoms. The van der Waals surface area contributed by atoms with Crippen LogP contribution in [0.1, 0.15) is 10.5 Å². The first-order valence-electron chi connectivity index (χ1n) is 3.44. The molecule has 0 bridgehead atoms. The molecule has 8 heteroatoms. The van der Waals surface area contributed by atoms with Crippen LogP contribution in [0.3, 0.4) is 0 Å². The van der Waals surface area contributed by atoms with Gasteiger partial charge in [0.05, 0.1) is 10.7 Å². The minimum absolute atomic E-state index is 0.0863. The third-order valence-corrected chi connectivity index (χ3v) is 1.86. The monoisotopic (exact) mass is 285 g/mol. The van der Waals surface area contributed by atoms with Gasteiger partial charge in [-0.25, -0.2) is 9.78 Å². The van der Waals surface area contributed by atoms with Gasteiger partial charge in [0, 0.05) is 0 Å². The maximum atomic E-state index is 11.8. The zero-order chi connectivity index (χ0) is 11.6. The number of carboxylic acids is 1. The number of hydrogen-bond donors (Lipinski definition) is 1. The summed E-state index contributed by atoms with van der Waals surface area (Å²) in [6.45, 7) is 0. The number of carbonyl (C=O) groups is 1. The van der Waals surface area contributed by atoms with E-state index in [-0.39, 0.29) is 10.2 Å². The number of halogens is 4. The molecule has 1 aromatic rings. The SMILES string of the molecule is O=C(O)c1ncc(OC(F)(F)F)cc1Br. The van der Waals surface area contributed by atoms with Crippen molar-refractivity contribution >= 4 is 21.9 Å². The van der Waals surface area contributed by atoms with E-state index in [1.807, 2.05) is 0 Å². The van der Waals surface area contributed by atoms with Gasteiger partial charge in [-0.3, -0.25) is 0 Å². The summed E-state index contributed by atoms with van der Waals surface area (Å²) < 4.78 is 38.7. The van der Waals surface area contributed by atoms with Crippen LogP contribution in [-0.2, 0) is 0 Å². The Morgan fingerprint density at radius 2 is 2.13 bits per heavy atom. The summed E-state index contributed by atoms with van der Waals surface area (Å²) >= 11 is 2.76. The van der Waals surface area contributed by atoms with Crippen molar-refractivity contribution in [1.82, 2.24) is 4.98 Å². The highest BCUT2D eigenvalue weighted by molar-refractivity contribution is 9.10. The summed E-state index contributed by atoms with van der Waals surface area (Å²) in [5.74, 6) is -1.93. The van der Waals surface area contributed by atoms with Crippen LogP contribution in [0.2, 0.25) is 0 Å². The molecule has 82 valence electrons. The number of ether oxygens (including phenoxy) is 1. The molecular formula is C7H3BrF3NO3. The van der Waals surface area contributed by atoms with Crippen LogP contribution >= 0.6 is 15.9 Å². The molecule has 0 unspecified atom stereocenters. The third-order valence-electron chi connectivity index (χ3n) is 1.25. The lowest BCUT2D eigenvalue weighted by atomic mass is 10.3. The van der Waals surface area contributed by atoms with Gasteiger partial charge in [-0.2, -0.15) is 0 Å². The van der Waals surface area contributed by atoms with Gasteiger partial charge >= 0.3 is 12.3 Å². The van der Waals surface area contributed by atoms with Crippen LogP contribution in [0, 0.1) is 0 Å². The highest BCUT2D eigenvalue weighted by Crippen LogP contribution is 2.26. The Morgan fingerprint density at radius 1 is 1.53 bits per heavy atom. The molecule has 0 aromatic carbocycles. The fourth-order valence-corrected chi connectivity index (χ4v) is 1.26. The van der Waals surface area contributed by atoms with E-state index in [0.29, 0.717) is 6.20 Å². The fraction of sp³-hybridized carbons (Fsp3) is 0.143. The van der Waals surface area contributed by atoms with Crippen molar-refractivity contribution in [1.29, 1.82) is 0 Å². The standard InChI is InChI=1S/C7H3BrF3NO3/c8-4-1-3(15-7(9,10)11)2-12-5(4)6(13)14/h1-2H,(H,13,14). The predicted molar refractivity (Wildman–Crippen MR) is 45.6 cm³/mol. The quantitative estimate of drug-likeness (QED) is 0.907. The van der Waals surface area contributed by atoms with Gasteiger partial charge in [0.2, 0.25) is 0 Å². The van der Waals surface area contributed by atoms with E-state index in [1.165, 1.54) is 0 Å². The number of rotatable bonds is 2. The molecule has 15 heavy (non-hydrogen) atoms. The van der Waals surface area contributed by atoms with E-state index >= 15 is 0 Å². The average Bonchev–Trinajstić information content (AvgIpc) is 1.99. The zero-order valence-corrected chi connectivity index (χ0v) is 8.46. The molecular weight excluding hydrogens is 283 g/mol. The molecule has 1 aromatic heterocycles. The highest BCUT2D eigenvalue weighted by Gasteiger charge is 2.31. The molecule has 1 rings (SSSR count). The van der Waals surface area contributed by atoms with Crippen molar-refractivity contribution in [3.63, 3.8) is 0 Å². The lowest BCUT2D eigenvalue weighted by Crippen LogP contribution is -2.17. The minimum atomic E-state index is -4.83. The number of hydrogen-bond acceptors (Lipinski definition) is 3. The van der Waals surface area contributed by atoms with E-state index in [2.05, 4.69) is 25.7 Å². The fourth-order valence-electron chi connectivity index (χ4n) is 0.767. The van der Waals surface area contributed by atoms with Crippen molar-refractivity contribution in [3.8, 4) is 5.75 Å². The molecule has 4 nitrogen and oxygen atoms in total. The van der Waals surface area contributed by atoms with Crippen LogP contribution in [0.15, 0.2) is 16.7 Å². The summed E-state index contributed by atoms with van der Waals surface area (Å²) in [5, 5.41) is 8.53. The molecule has 0 saturated heterocycles. The maximum absolute atomic E-state index is 11.8. The van der Waals surface area contributed by atoms with Gasteiger partial charge in [0.1, 0.15) is 5.75 Å². The Kier molecular flexibility index (Phi) is 3.18. The van der Waals surface area contributed by atoms with Crippen LogP contribution < -0.4 is 4.74 Å². The molecule has 1 heterocycles. The van der Waals surface area contributed by atoms with Gasteiger partial charge in [0.25, 0.3) is 0 Å². The largest absolute Gasteiger partial charge is 0.573 e. The summed E-state index contributed by atoms with van der Waals surface area (Å²) in [6, 6.07) is 0.879. The summed E-state index contributed by atoms with van der Waals surface area (Å²) in [4.78, 5) is 13.8. The molecule has 0 amide bonds. The van der Waals surface area contributed by atoms with E-state index in [1.54, 1.807) is 0 Å². The Labute approximate surface area is 89.8 Å². The normalized spacial score (nSPS) is 11.2. The number of aromatic nitrogens is 1. The van der Waals surface area contributed by atoms with Crippen molar-refractivity contribution in [2.45, 2.75) is 6.36 Å². The Hall–Kier alpha value is -1.31. The lowest BCUT2D eigenvalue weighted by Gasteiger charge is -2.08. The first kappa shape index (κ1) is 11.8. The van der Waals surface area contributed by atoms with Crippen LogP contribution in [0.25, 0.3) is 0 Å². The van der Waals surface area contributed by atoms with E-state index < -0.39 is 18.1 Å². The number of aromatic carboxylic acids is 1. The van der Waals surface area contributed by atoms with Gasteiger partial charge in [-0.15, -0.1) is 13.2 Å². The molecule has 0 aliphatic rings. The van der Waals surface area contributed by atoms with Gasteiger partial charge in [-0.1, -0.05) is 0 Å². The Balaban J connectivity index is 2.97. The Morgan fingerprint density at radius 3 is 2.53 bits per heavy atom. The van der Waals surface area contributed by atoms with E-state index in [0.717, 1.165) is 6.07 Å². The van der Waals surface area contributed by atoms with Crippen LogP contribution in [0.5, 0.6) is 5.75 Å². The number of alkyl halides is 3. The molecule has 0 fully saturated rings. The van der Waals surface area contributed by atoms with Gasteiger partial charge in [-0.05, 0) is 22.0 Å². The highest BCUT2D eigenvalue weighted by atomic mass is 79.9. The molecule has 0 atom stereocenters. The van der Waals surface area contributed by atoms with Crippen LogP contribution in [0.4, 0.5) is 13.2 Å². The van der Waals surface area contributed by atoms with Crippen molar-refractivity contribution < 1.29 is 27.8 Å². The minimum Gasteiger partial charge on any atom is -0.476 e. The third kappa shape index (κ3) is 3.39. The lowest BCUT2D eigenvalue weighted by molar-refractivity contribution is -0.274. The number of pyridine rings is 1. The molecule has 1 N–H and O–H groups in total. The van der Waals surface area contributed by atoms with Crippen LogP contribution in [-0.4, -0.2) is 22.4 Å². The maximum Gasteiger partial charge on any atom is 0.573 e. The number of nitrogens with zero attached hydrogens (tertiary/aromatic N) is 1. The summed E-state index contributed by atoms with van der Waals surface area (Å²) in [5.41, 5.74) is -0.385. The van der Waals surface area contributed by atoms with Crippen molar-refractivity contribution in [2.24, 2.45) is 0 Å². The van der Waals surface area contributed by atoms with E-state index in [9.17, 15) is 18.0 Å². The average molecular weight is 286 g/mol. The topological polar surface area (TPSA) is 59.4 Å². The second-order valence-corrected chi connectivity index (χ2v) is 3.21. The predicted octanol–water partition coefficient (Wildman–Crippen LogP) is 2.44. The van der Waals surface area contributed by atoms with E-state index in [4.69, 9.17) is 5.11 Å². The smallest absolute Gasteiger partial charge is 0.476 e. The molecule has 0 radical (unpaired) electrons. The van der Waals surface area contributed by atoms with Gasteiger partial charge in [0.15, 0.2) is 5.69 Å². The summed E-state index contributed by atoms with van der Waals surface area (Å²) in [6.07, 6.45) is -4.15. The molecule has 0 saturated carbocycles. The van der Waals surface area contributed by atoms with Gasteiger partial charge < -0.3 is 9.84 Å². The van der Waals surface area contributed by atoms with Crippen molar-refractivity contribution in [2.75, 3.05) is 0 Å². The first-order chi connectivity index (χ1) is 6.79. The zero-order valence-electron chi connectivity index (χ0n) is 6.88. The van der Waals surface area contributed by atoms with Crippen molar-refractivity contribution in [3.05, 3.63) is 22.4 Å². The first-order valence-corrected chi connectivity index (χ1v) is 4.23. The molecule has 0 aliphatic carbocycles.